The van der Waals surface area contributed by atoms with E-state index in [0.29, 0.717) is 17.6 Å². The van der Waals surface area contributed by atoms with Gasteiger partial charge in [0, 0.05) is 50.8 Å². The second-order valence-corrected chi connectivity index (χ2v) is 11.8. The summed E-state index contributed by atoms with van der Waals surface area (Å²) in [5, 5.41) is 6.79. The quantitative estimate of drug-likeness (QED) is 0.197. The van der Waals surface area contributed by atoms with Crippen LogP contribution in [0.25, 0.3) is 88.8 Å². The lowest BCUT2D eigenvalue weighted by Crippen LogP contribution is -2.07. The Kier molecular flexibility index (Phi) is 5.74. The van der Waals surface area contributed by atoms with Crippen LogP contribution in [0.1, 0.15) is 0 Å². The molecule has 0 amide bonds. The average Bonchev–Trinajstić information content (AvgIpc) is 3.70. The summed E-state index contributed by atoms with van der Waals surface area (Å²) in [6.45, 7) is 0. The van der Waals surface area contributed by atoms with Gasteiger partial charge in [-0.25, -0.2) is 4.98 Å². The van der Waals surface area contributed by atoms with Gasteiger partial charge in [0.1, 0.15) is 0 Å². The van der Waals surface area contributed by atoms with Gasteiger partial charge in [0.2, 0.25) is 5.95 Å². The molecule has 0 N–H and O–H groups in total. The van der Waals surface area contributed by atoms with E-state index in [1.165, 1.54) is 5.39 Å². The molecule has 5 aromatic carbocycles. The van der Waals surface area contributed by atoms with Crippen molar-refractivity contribution in [1.29, 1.82) is 0 Å². The summed E-state index contributed by atoms with van der Waals surface area (Å²) in [5.41, 5.74) is 6.86. The fourth-order valence-corrected chi connectivity index (χ4v) is 7.13. The first-order chi connectivity index (χ1) is 23.8. The first-order valence-corrected chi connectivity index (χ1v) is 15.8. The van der Waals surface area contributed by atoms with Gasteiger partial charge in [0.15, 0.2) is 11.6 Å². The van der Waals surface area contributed by atoms with E-state index in [-0.39, 0.29) is 0 Å². The molecule has 224 valence electrons. The van der Waals surface area contributed by atoms with Crippen LogP contribution in [-0.2, 0) is 0 Å². The van der Waals surface area contributed by atoms with Crippen molar-refractivity contribution in [2.24, 2.45) is 0 Å². The van der Waals surface area contributed by atoms with Crippen molar-refractivity contribution in [3.63, 3.8) is 0 Å². The van der Waals surface area contributed by atoms with Crippen molar-refractivity contribution < 1.29 is 0 Å². The molecular weight excluding hydrogens is 591 g/mol. The lowest BCUT2D eigenvalue weighted by molar-refractivity contribution is 0.952. The van der Waals surface area contributed by atoms with Gasteiger partial charge in [-0.3, -0.25) is 14.5 Å². The molecule has 5 heterocycles. The van der Waals surface area contributed by atoms with Crippen molar-refractivity contribution in [1.82, 2.24) is 34.1 Å². The first kappa shape index (κ1) is 26.5. The molecule has 0 saturated heterocycles. The van der Waals surface area contributed by atoms with Crippen molar-refractivity contribution >= 4 is 54.4 Å². The molecule has 10 aromatic rings. The summed E-state index contributed by atoms with van der Waals surface area (Å²) in [4.78, 5) is 24.6. The zero-order valence-corrected chi connectivity index (χ0v) is 25.6. The fraction of sp³-hybridized carbons (Fsp3) is 0. The number of hydrogen-bond acceptors (Lipinski definition) is 5. The van der Waals surface area contributed by atoms with Crippen molar-refractivity contribution in [2.45, 2.75) is 0 Å². The summed E-state index contributed by atoms with van der Waals surface area (Å²) >= 11 is 0. The molecule has 7 heteroatoms. The Hall–Kier alpha value is -6.73. The van der Waals surface area contributed by atoms with E-state index in [9.17, 15) is 0 Å². The lowest BCUT2D eigenvalue weighted by atomic mass is 9.99. The van der Waals surface area contributed by atoms with Crippen LogP contribution in [0.15, 0.2) is 152 Å². The van der Waals surface area contributed by atoms with Crippen molar-refractivity contribution in [2.75, 3.05) is 0 Å². The minimum atomic E-state index is 0.523. The Labute approximate surface area is 274 Å². The van der Waals surface area contributed by atoms with Crippen LogP contribution < -0.4 is 0 Å². The number of benzene rings is 5. The SMILES string of the molecule is c1ccc(-c2nc(-c3ccccc3)nc(-n3c4cnccc4c4c5ccccc5c5c6ccncc6n(-c6ccccc6)c5c43)n2)cc1. The molecule has 0 aliphatic heterocycles. The molecule has 0 saturated carbocycles. The van der Waals surface area contributed by atoms with Crippen LogP contribution in [0.4, 0.5) is 0 Å². The van der Waals surface area contributed by atoms with Gasteiger partial charge in [-0.1, -0.05) is 103 Å². The van der Waals surface area contributed by atoms with Gasteiger partial charge < -0.3 is 4.57 Å². The largest absolute Gasteiger partial charge is 0.306 e. The molecule has 7 nitrogen and oxygen atoms in total. The summed E-state index contributed by atoms with van der Waals surface area (Å²) < 4.78 is 4.51. The normalized spacial score (nSPS) is 11.8. The van der Waals surface area contributed by atoms with Gasteiger partial charge in [0.25, 0.3) is 0 Å². The third kappa shape index (κ3) is 3.85. The van der Waals surface area contributed by atoms with Crippen LogP contribution in [0.2, 0.25) is 0 Å². The molecule has 0 spiro atoms. The molecule has 0 aliphatic rings. The number of para-hydroxylation sites is 1. The van der Waals surface area contributed by atoms with E-state index in [1.54, 1.807) is 0 Å². The Bertz CT molecular complexity index is 2760. The van der Waals surface area contributed by atoms with Crippen LogP contribution >= 0.6 is 0 Å². The number of fused-ring (bicyclic) bond motifs is 10. The third-order valence-corrected chi connectivity index (χ3v) is 9.13. The topological polar surface area (TPSA) is 74.3 Å². The van der Waals surface area contributed by atoms with Gasteiger partial charge in [0.05, 0.1) is 34.5 Å². The Morgan fingerprint density at radius 2 is 0.854 bits per heavy atom. The van der Waals surface area contributed by atoms with E-state index >= 15 is 0 Å². The van der Waals surface area contributed by atoms with Crippen LogP contribution in [0.5, 0.6) is 0 Å². The summed E-state index contributed by atoms with van der Waals surface area (Å²) in [6.07, 6.45) is 7.61. The van der Waals surface area contributed by atoms with E-state index in [1.807, 2.05) is 91.5 Å². The highest BCUT2D eigenvalue weighted by atomic mass is 15.2. The van der Waals surface area contributed by atoms with Crippen LogP contribution in [0, 0.1) is 0 Å². The number of rotatable bonds is 4. The van der Waals surface area contributed by atoms with Gasteiger partial charge in [-0.2, -0.15) is 9.97 Å². The molecule has 5 aromatic heterocycles. The molecule has 0 unspecified atom stereocenters. The second-order valence-electron chi connectivity index (χ2n) is 11.8. The molecule has 0 aliphatic carbocycles. The highest BCUT2D eigenvalue weighted by Gasteiger charge is 2.26. The van der Waals surface area contributed by atoms with E-state index < -0.39 is 0 Å². The predicted octanol–water partition coefficient (Wildman–Crippen LogP) is 9.34. The summed E-state index contributed by atoms with van der Waals surface area (Å²) in [6, 6.07) is 43.5. The second kappa shape index (κ2) is 10.4. The van der Waals surface area contributed by atoms with Crippen molar-refractivity contribution in [3.05, 3.63) is 152 Å². The minimum absolute atomic E-state index is 0.523. The molecule has 48 heavy (non-hydrogen) atoms. The smallest absolute Gasteiger partial charge is 0.238 e. The van der Waals surface area contributed by atoms with Gasteiger partial charge in [-0.15, -0.1) is 0 Å². The molecule has 0 fully saturated rings. The molecular formula is C41H25N7. The first-order valence-electron chi connectivity index (χ1n) is 15.8. The average molecular weight is 616 g/mol. The predicted molar refractivity (Wildman–Crippen MR) is 192 cm³/mol. The Morgan fingerprint density at radius 3 is 1.40 bits per heavy atom. The Morgan fingerprint density at radius 1 is 0.396 bits per heavy atom. The summed E-state index contributed by atoms with van der Waals surface area (Å²) in [7, 11) is 0. The van der Waals surface area contributed by atoms with Crippen LogP contribution in [0.3, 0.4) is 0 Å². The number of nitrogens with zero attached hydrogens (tertiary/aromatic N) is 7. The zero-order chi connectivity index (χ0) is 31.6. The standard InChI is InChI=1S/C41H25N7/c1-4-12-26(13-5-1)39-44-40(27-14-6-2-7-15-27)46-41(45-39)48-34-25-43-23-21-32(34)36-30-19-11-10-18-29(30)35-31-20-22-42-24-33(31)47(37(35)38(36)48)28-16-8-3-9-17-28/h1-25H. The summed E-state index contributed by atoms with van der Waals surface area (Å²) in [5.74, 6) is 1.72. The maximum Gasteiger partial charge on any atom is 0.238 e. The number of aromatic nitrogens is 7. The monoisotopic (exact) mass is 615 g/mol. The zero-order valence-electron chi connectivity index (χ0n) is 25.6. The number of pyridine rings is 2. The fourth-order valence-electron chi connectivity index (χ4n) is 7.13. The lowest BCUT2D eigenvalue weighted by Gasteiger charge is -2.14. The maximum absolute atomic E-state index is 5.21. The van der Waals surface area contributed by atoms with E-state index in [2.05, 4.69) is 79.8 Å². The highest BCUT2D eigenvalue weighted by Crippen LogP contribution is 2.46. The van der Waals surface area contributed by atoms with Gasteiger partial charge in [-0.05, 0) is 35.0 Å². The van der Waals surface area contributed by atoms with E-state index in [0.717, 1.165) is 65.8 Å². The van der Waals surface area contributed by atoms with E-state index in [4.69, 9.17) is 15.0 Å². The molecule has 0 atom stereocenters. The Balaban J connectivity index is 1.47. The molecule has 10 rings (SSSR count). The van der Waals surface area contributed by atoms with Crippen molar-refractivity contribution in [3.8, 4) is 34.4 Å². The molecule has 0 radical (unpaired) electrons. The maximum atomic E-state index is 5.21. The highest BCUT2D eigenvalue weighted by molar-refractivity contribution is 6.36. The van der Waals surface area contributed by atoms with Gasteiger partial charge >= 0.3 is 0 Å². The third-order valence-electron chi connectivity index (χ3n) is 9.13. The minimum Gasteiger partial charge on any atom is -0.306 e. The molecule has 0 bridgehead atoms. The number of hydrogen-bond donors (Lipinski definition) is 0. The van der Waals surface area contributed by atoms with Crippen LogP contribution in [-0.4, -0.2) is 34.1 Å².